The predicted molar refractivity (Wildman–Crippen MR) is 87.1 cm³/mol. The van der Waals surface area contributed by atoms with Gasteiger partial charge in [-0.05, 0) is 43.0 Å². The maximum absolute atomic E-state index is 13.6. The maximum Gasteiger partial charge on any atom is 0.279 e. The summed E-state index contributed by atoms with van der Waals surface area (Å²) in [5.74, 6) is -1.44. The van der Waals surface area contributed by atoms with Gasteiger partial charge >= 0.3 is 0 Å². The lowest BCUT2D eigenvalue weighted by atomic mass is 10.1. The molecule has 23 heavy (non-hydrogen) atoms. The Morgan fingerprint density at radius 3 is 2.83 bits per heavy atom. The number of rotatable bonds is 3. The van der Waals surface area contributed by atoms with E-state index < -0.39 is 11.7 Å². The molecule has 0 fully saturated rings. The van der Waals surface area contributed by atoms with Gasteiger partial charge in [0.25, 0.3) is 5.91 Å². The van der Waals surface area contributed by atoms with Crippen LogP contribution in [0, 0.1) is 5.82 Å². The van der Waals surface area contributed by atoms with Crippen LogP contribution < -0.4 is 10.9 Å². The van der Waals surface area contributed by atoms with Crippen LogP contribution in [0.15, 0.2) is 24.3 Å². The van der Waals surface area contributed by atoms with Crippen molar-refractivity contribution in [2.75, 3.05) is 0 Å². The minimum absolute atomic E-state index is 0.107. The lowest BCUT2D eigenvalue weighted by Crippen LogP contribution is -2.42. The quantitative estimate of drug-likeness (QED) is 0.834. The SMILES string of the molecule is O=C(Cc1c(F)cccc1Cl)NNC(=O)c1cc2c(s1)CCC2. The molecule has 2 aromatic rings. The Morgan fingerprint density at radius 2 is 2.09 bits per heavy atom. The molecule has 7 heteroatoms. The third-order valence-corrected chi connectivity index (χ3v) is 5.27. The summed E-state index contributed by atoms with van der Waals surface area (Å²) in [7, 11) is 0. The number of hydrogen-bond donors (Lipinski definition) is 2. The van der Waals surface area contributed by atoms with Gasteiger partial charge in [0.1, 0.15) is 5.82 Å². The minimum Gasteiger partial charge on any atom is -0.273 e. The zero-order valence-electron chi connectivity index (χ0n) is 12.1. The average molecular weight is 353 g/mol. The summed E-state index contributed by atoms with van der Waals surface area (Å²) in [5.41, 5.74) is 5.96. The molecule has 3 rings (SSSR count). The number of hydrazine groups is 1. The Hall–Kier alpha value is -1.92. The summed E-state index contributed by atoms with van der Waals surface area (Å²) in [6, 6.07) is 6.08. The molecule has 0 radical (unpaired) electrons. The first-order valence-corrected chi connectivity index (χ1v) is 8.37. The van der Waals surface area contributed by atoms with E-state index in [0.717, 1.165) is 19.3 Å². The van der Waals surface area contributed by atoms with Crippen LogP contribution in [0.3, 0.4) is 0 Å². The summed E-state index contributed by atoms with van der Waals surface area (Å²) in [5, 5.41) is 0.182. The molecule has 0 saturated carbocycles. The van der Waals surface area contributed by atoms with Gasteiger partial charge in [0, 0.05) is 15.5 Å². The molecule has 0 aliphatic heterocycles. The number of fused-ring (bicyclic) bond motifs is 1. The zero-order valence-corrected chi connectivity index (χ0v) is 13.7. The van der Waals surface area contributed by atoms with E-state index in [0.29, 0.717) is 4.88 Å². The molecule has 1 aromatic heterocycles. The van der Waals surface area contributed by atoms with Crippen LogP contribution in [0.4, 0.5) is 4.39 Å². The highest BCUT2D eigenvalue weighted by atomic mass is 35.5. The largest absolute Gasteiger partial charge is 0.279 e. The monoisotopic (exact) mass is 352 g/mol. The van der Waals surface area contributed by atoms with Gasteiger partial charge in [0.2, 0.25) is 5.91 Å². The Kier molecular flexibility index (Phi) is 4.63. The van der Waals surface area contributed by atoms with Crippen molar-refractivity contribution in [1.29, 1.82) is 0 Å². The maximum atomic E-state index is 13.6. The van der Waals surface area contributed by atoms with Gasteiger partial charge in [0.05, 0.1) is 11.3 Å². The van der Waals surface area contributed by atoms with Gasteiger partial charge in [0.15, 0.2) is 0 Å². The molecule has 0 spiro atoms. The van der Waals surface area contributed by atoms with Gasteiger partial charge < -0.3 is 0 Å². The molecule has 2 N–H and O–H groups in total. The third-order valence-electron chi connectivity index (χ3n) is 3.68. The highest BCUT2D eigenvalue weighted by Crippen LogP contribution is 2.30. The molecule has 4 nitrogen and oxygen atoms in total. The number of halogens is 2. The first-order valence-electron chi connectivity index (χ1n) is 7.18. The summed E-state index contributed by atoms with van der Waals surface area (Å²) >= 11 is 7.32. The average Bonchev–Trinajstić information content (AvgIpc) is 3.10. The second-order valence-corrected chi connectivity index (χ2v) is 6.84. The molecule has 1 aliphatic carbocycles. The van der Waals surface area contributed by atoms with Crippen LogP contribution in [0.25, 0.3) is 0 Å². The predicted octanol–water partition coefficient (Wildman–Crippen LogP) is 3.03. The Balaban J connectivity index is 1.57. The minimum atomic E-state index is -0.548. The van der Waals surface area contributed by atoms with E-state index in [2.05, 4.69) is 10.9 Å². The molecular weight excluding hydrogens is 339 g/mol. The van der Waals surface area contributed by atoms with Crippen molar-refractivity contribution in [1.82, 2.24) is 10.9 Å². The first kappa shape index (κ1) is 16.0. The van der Waals surface area contributed by atoms with Crippen LogP contribution in [0.2, 0.25) is 5.02 Å². The number of thiophene rings is 1. The van der Waals surface area contributed by atoms with Gasteiger partial charge in [-0.25, -0.2) is 4.39 Å². The fourth-order valence-corrected chi connectivity index (χ4v) is 3.91. The fraction of sp³-hybridized carbons (Fsp3) is 0.250. The molecule has 0 unspecified atom stereocenters. The second-order valence-electron chi connectivity index (χ2n) is 5.29. The third kappa shape index (κ3) is 3.54. The van der Waals surface area contributed by atoms with Gasteiger partial charge in [-0.3, -0.25) is 20.4 Å². The van der Waals surface area contributed by atoms with Crippen LogP contribution in [-0.2, 0) is 24.1 Å². The lowest BCUT2D eigenvalue weighted by molar-refractivity contribution is -0.121. The Labute approximate surface area is 141 Å². The van der Waals surface area contributed by atoms with Crippen molar-refractivity contribution in [2.45, 2.75) is 25.7 Å². The van der Waals surface area contributed by atoms with Crippen molar-refractivity contribution in [2.24, 2.45) is 0 Å². The van der Waals surface area contributed by atoms with E-state index in [1.807, 2.05) is 6.07 Å². The first-order chi connectivity index (χ1) is 11.0. The van der Waals surface area contributed by atoms with Gasteiger partial charge in [-0.2, -0.15) is 0 Å². The van der Waals surface area contributed by atoms with E-state index >= 15 is 0 Å². The molecule has 0 bridgehead atoms. The van der Waals surface area contributed by atoms with Crippen molar-refractivity contribution in [3.63, 3.8) is 0 Å². The molecule has 120 valence electrons. The normalized spacial score (nSPS) is 12.8. The number of aryl methyl sites for hydroxylation is 2. The number of carbonyl (C=O) groups excluding carboxylic acids is 2. The van der Waals surface area contributed by atoms with E-state index in [-0.39, 0.29) is 22.9 Å². The number of amides is 2. The number of nitrogens with one attached hydrogen (secondary N) is 2. The van der Waals surface area contributed by atoms with Crippen LogP contribution in [-0.4, -0.2) is 11.8 Å². The molecular formula is C16H14ClFN2O2S. The van der Waals surface area contributed by atoms with Crippen LogP contribution in [0.1, 0.15) is 32.1 Å². The van der Waals surface area contributed by atoms with Crippen molar-refractivity contribution in [3.05, 3.63) is 56.0 Å². The number of carbonyl (C=O) groups is 2. The smallest absolute Gasteiger partial charge is 0.273 e. The van der Waals surface area contributed by atoms with Crippen molar-refractivity contribution >= 4 is 34.8 Å². The van der Waals surface area contributed by atoms with Crippen molar-refractivity contribution < 1.29 is 14.0 Å². The molecule has 1 aliphatic rings. The van der Waals surface area contributed by atoms with Crippen LogP contribution >= 0.6 is 22.9 Å². The second kappa shape index (κ2) is 6.68. The van der Waals surface area contributed by atoms with E-state index in [4.69, 9.17) is 11.6 Å². The fourth-order valence-electron chi connectivity index (χ4n) is 2.53. The number of hydrogen-bond acceptors (Lipinski definition) is 3. The molecule has 2 amide bonds. The molecule has 1 heterocycles. The lowest BCUT2D eigenvalue weighted by Gasteiger charge is -2.08. The zero-order chi connectivity index (χ0) is 16.4. The van der Waals surface area contributed by atoms with Gasteiger partial charge in [-0.15, -0.1) is 11.3 Å². The van der Waals surface area contributed by atoms with E-state index in [9.17, 15) is 14.0 Å². The summed E-state index contributed by atoms with van der Waals surface area (Å²) in [4.78, 5) is 25.7. The van der Waals surface area contributed by atoms with Crippen molar-refractivity contribution in [3.8, 4) is 0 Å². The molecule has 0 saturated heterocycles. The molecule has 0 atom stereocenters. The highest BCUT2D eigenvalue weighted by Gasteiger charge is 2.19. The molecule has 1 aromatic carbocycles. The highest BCUT2D eigenvalue weighted by molar-refractivity contribution is 7.14. The van der Waals surface area contributed by atoms with Gasteiger partial charge in [-0.1, -0.05) is 17.7 Å². The Morgan fingerprint density at radius 1 is 1.26 bits per heavy atom. The summed E-state index contributed by atoms with van der Waals surface area (Å²) in [6.45, 7) is 0. The number of benzene rings is 1. The summed E-state index contributed by atoms with van der Waals surface area (Å²) < 4.78 is 13.6. The summed E-state index contributed by atoms with van der Waals surface area (Å²) in [6.07, 6.45) is 2.89. The Bertz CT molecular complexity index is 734. The van der Waals surface area contributed by atoms with E-state index in [1.165, 1.54) is 40.0 Å². The topological polar surface area (TPSA) is 58.2 Å². The van der Waals surface area contributed by atoms with E-state index in [1.54, 1.807) is 0 Å². The standard InChI is InChI=1S/C16H14ClFN2O2S/c17-11-4-2-5-12(18)10(11)8-15(21)19-20-16(22)14-7-9-3-1-6-13(9)23-14/h2,4-5,7H,1,3,6,8H2,(H,19,21)(H,20,22). The van der Waals surface area contributed by atoms with Crippen LogP contribution in [0.5, 0.6) is 0 Å².